The third-order valence-electron chi connectivity index (χ3n) is 3.93. The molecule has 25 heavy (non-hydrogen) atoms. The second kappa shape index (κ2) is 6.51. The summed E-state index contributed by atoms with van der Waals surface area (Å²) in [5.74, 6) is -0.716. The van der Waals surface area contributed by atoms with Crippen LogP contribution in [0.3, 0.4) is 0 Å². The number of nitrogens with zero attached hydrogens (tertiary/aromatic N) is 2. The summed E-state index contributed by atoms with van der Waals surface area (Å²) in [6.45, 7) is 2.96. The van der Waals surface area contributed by atoms with E-state index in [4.69, 9.17) is 9.47 Å². The van der Waals surface area contributed by atoms with Gasteiger partial charge in [0.2, 0.25) is 0 Å². The number of carbonyl (C=O) groups excluding carboxylic acids is 1. The molecule has 5 nitrogen and oxygen atoms in total. The average molecular weight is 354 g/mol. The highest BCUT2D eigenvalue weighted by Gasteiger charge is 2.39. The fraction of sp³-hybridized carbons (Fsp3) is 0.412. The van der Waals surface area contributed by atoms with Crippen molar-refractivity contribution in [1.29, 1.82) is 0 Å². The summed E-state index contributed by atoms with van der Waals surface area (Å²) in [4.78, 5) is 12.0. The summed E-state index contributed by atoms with van der Waals surface area (Å²) in [5, 5.41) is 3.81. The van der Waals surface area contributed by atoms with Crippen molar-refractivity contribution >= 4 is 5.97 Å². The molecule has 0 radical (unpaired) electrons. The van der Waals surface area contributed by atoms with Crippen LogP contribution in [-0.2, 0) is 26.9 Å². The van der Waals surface area contributed by atoms with Gasteiger partial charge in [-0.3, -0.25) is 4.79 Å². The zero-order valence-corrected chi connectivity index (χ0v) is 13.5. The normalized spacial score (nSPS) is 16.3. The van der Waals surface area contributed by atoms with Crippen LogP contribution in [-0.4, -0.2) is 35.6 Å². The monoisotopic (exact) mass is 354 g/mol. The Bertz CT molecular complexity index is 752. The molecule has 8 heteroatoms. The lowest BCUT2D eigenvalue weighted by Crippen LogP contribution is -2.44. The SMILES string of the molecule is CC1(COC(=O)Cc2cnn(-c3ccccc3)c2C(F)(F)F)COC1. The van der Waals surface area contributed by atoms with Gasteiger partial charge in [-0.25, -0.2) is 4.68 Å². The van der Waals surface area contributed by atoms with Crippen LogP contribution in [0, 0.1) is 5.41 Å². The van der Waals surface area contributed by atoms with Crippen LogP contribution in [0.25, 0.3) is 5.69 Å². The van der Waals surface area contributed by atoms with Gasteiger partial charge >= 0.3 is 12.1 Å². The predicted octanol–water partition coefficient (Wildman–Crippen LogP) is 3.01. The van der Waals surface area contributed by atoms with Gasteiger partial charge in [0.05, 0.1) is 31.5 Å². The highest BCUT2D eigenvalue weighted by atomic mass is 19.4. The molecule has 2 aromatic rings. The molecule has 0 saturated carbocycles. The van der Waals surface area contributed by atoms with E-state index in [1.807, 2.05) is 6.92 Å². The average Bonchev–Trinajstić information content (AvgIpc) is 2.96. The number of aromatic nitrogens is 2. The third kappa shape index (κ3) is 3.84. The number of hydrogen-bond acceptors (Lipinski definition) is 4. The zero-order valence-electron chi connectivity index (χ0n) is 13.5. The van der Waals surface area contributed by atoms with Crippen LogP contribution >= 0.6 is 0 Å². The van der Waals surface area contributed by atoms with E-state index in [1.165, 1.54) is 12.1 Å². The van der Waals surface area contributed by atoms with E-state index in [9.17, 15) is 18.0 Å². The Balaban J connectivity index is 1.79. The van der Waals surface area contributed by atoms with Crippen LogP contribution in [0.2, 0.25) is 0 Å². The molecule has 0 spiro atoms. The van der Waals surface area contributed by atoms with Crippen molar-refractivity contribution in [3.05, 3.63) is 47.8 Å². The molecule has 0 bridgehead atoms. The second-order valence-corrected chi connectivity index (χ2v) is 6.40. The minimum Gasteiger partial charge on any atom is -0.465 e. The number of rotatable bonds is 5. The lowest BCUT2D eigenvalue weighted by atomic mass is 9.90. The summed E-state index contributed by atoms with van der Waals surface area (Å²) in [6, 6.07) is 7.96. The van der Waals surface area contributed by atoms with Crippen molar-refractivity contribution in [2.24, 2.45) is 5.41 Å². The van der Waals surface area contributed by atoms with Gasteiger partial charge in [-0.1, -0.05) is 25.1 Å². The summed E-state index contributed by atoms with van der Waals surface area (Å²) in [5.41, 5.74) is -1.16. The molecule has 2 heterocycles. The summed E-state index contributed by atoms with van der Waals surface area (Å²) in [6.07, 6.45) is -4.07. The van der Waals surface area contributed by atoms with Gasteiger partial charge in [-0.2, -0.15) is 18.3 Å². The highest BCUT2D eigenvalue weighted by Crippen LogP contribution is 2.34. The third-order valence-corrected chi connectivity index (χ3v) is 3.93. The maximum Gasteiger partial charge on any atom is 0.433 e. The van der Waals surface area contributed by atoms with Crippen molar-refractivity contribution < 1.29 is 27.4 Å². The quantitative estimate of drug-likeness (QED) is 0.775. The smallest absolute Gasteiger partial charge is 0.433 e. The molecule has 3 rings (SSSR count). The van der Waals surface area contributed by atoms with Gasteiger partial charge in [0.1, 0.15) is 6.61 Å². The first-order chi connectivity index (χ1) is 11.8. The maximum atomic E-state index is 13.5. The van der Waals surface area contributed by atoms with Gasteiger partial charge in [-0.15, -0.1) is 0 Å². The van der Waals surface area contributed by atoms with Gasteiger partial charge < -0.3 is 9.47 Å². The number of hydrogen-bond donors (Lipinski definition) is 0. The van der Waals surface area contributed by atoms with Crippen LogP contribution in [0.4, 0.5) is 13.2 Å². The Labute approximate surface area is 142 Å². The second-order valence-electron chi connectivity index (χ2n) is 6.40. The number of ether oxygens (including phenoxy) is 2. The van der Waals surface area contributed by atoms with Crippen molar-refractivity contribution in [3.8, 4) is 5.69 Å². The molecule has 1 aliphatic rings. The topological polar surface area (TPSA) is 53.3 Å². The van der Waals surface area contributed by atoms with E-state index in [0.717, 1.165) is 10.9 Å². The van der Waals surface area contributed by atoms with Gasteiger partial charge in [0, 0.05) is 11.0 Å². The standard InChI is InChI=1S/C17H17F3N2O3/c1-16(9-24-10-16)11-25-14(23)7-12-8-21-22(15(12)17(18,19)20)13-5-3-2-4-6-13/h2-6,8H,7,9-11H2,1H3. The van der Waals surface area contributed by atoms with E-state index in [0.29, 0.717) is 13.2 Å². The first-order valence-electron chi connectivity index (χ1n) is 7.71. The number of alkyl halides is 3. The van der Waals surface area contributed by atoms with Crippen molar-refractivity contribution in [3.63, 3.8) is 0 Å². The molecule has 0 aliphatic carbocycles. The largest absolute Gasteiger partial charge is 0.465 e. The molecule has 134 valence electrons. The van der Waals surface area contributed by atoms with Crippen molar-refractivity contribution in [2.45, 2.75) is 19.5 Å². The van der Waals surface area contributed by atoms with E-state index >= 15 is 0 Å². The number of benzene rings is 1. The van der Waals surface area contributed by atoms with Gasteiger partial charge in [0.25, 0.3) is 0 Å². The fourth-order valence-corrected chi connectivity index (χ4v) is 2.57. The predicted molar refractivity (Wildman–Crippen MR) is 82.2 cm³/mol. The minimum absolute atomic E-state index is 0.125. The minimum atomic E-state index is -4.64. The lowest BCUT2D eigenvalue weighted by molar-refractivity contribution is -0.164. The van der Waals surface area contributed by atoms with Crippen LogP contribution < -0.4 is 0 Å². The highest BCUT2D eigenvalue weighted by molar-refractivity contribution is 5.73. The summed E-state index contributed by atoms with van der Waals surface area (Å²) < 4.78 is 51.4. The van der Waals surface area contributed by atoms with Crippen LogP contribution in [0.5, 0.6) is 0 Å². The molecule has 0 amide bonds. The molecular weight excluding hydrogens is 337 g/mol. The Hall–Kier alpha value is -2.35. The van der Waals surface area contributed by atoms with Crippen LogP contribution in [0.15, 0.2) is 36.5 Å². The molecule has 0 atom stereocenters. The number of esters is 1. The van der Waals surface area contributed by atoms with E-state index in [-0.39, 0.29) is 23.3 Å². The molecule has 1 saturated heterocycles. The Morgan fingerprint density at radius 3 is 2.56 bits per heavy atom. The number of halogens is 3. The first kappa shape index (κ1) is 17.5. The summed E-state index contributed by atoms with van der Waals surface area (Å²) >= 11 is 0. The molecule has 1 aromatic heterocycles. The molecule has 0 N–H and O–H groups in total. The molecule has 1 fully saturated rings. The Morgan fingerprint density at radius 1 is 1.32 bits per heavy atom. The maximum absolute atomic E-state index is 13.5. The van der Waals surface area contributed by atoms with Crippen molar-refractivity contribution in [2.75, 3.05) is 19.8 Å². The van der Waals surface area contributed by atoms with Crippen LogP contribution in [0.1, 0.15) is 18.2 Å². The molecule has 1 aromatic carbocycles. The van der Waals surface area contributed by atoms with E-state index in [1.54, 1.807) is 18.2 Å². The van der Waals surface area contributed by atoms with E-state index < -0.39 is 24.3 Å². The fourth-order valence-electron chi connectivity index (χ4n) is 2.57. The van der Waals surface area contributed by atoms with Gasteiger partial charge in [0.15, 0.2) is 5.69 Å². The molecule has 0 unspecified atom stereocenters. The van der Waals surface area contributed by atoms with E-state index in [2.05, 4.69) is 5.10 Å². The summed E-state index contributed by atoms with van der Waals surface area (Å²) in [7, 11) is 0. The van der Waals surface area contributed by atoms with Crippen molar-refractivity contribution in [1.82, 2.24) is 9.78 Å². The lowest BCUT2D eigenvalue weighted by Gasteiger charge is -2.37. The zero-order chi connectivity index (χ0) is 18.1. The Morgan fingerprint density at radius 2 is 2.00 bits per heavy atom. The molecule has 1 aliphatic heterocycles. The van der Waals surface area contributed by atoms with Gasteiger partial charge in [-0.05, 0) is 12.1 Å². The number of para-hydroxylation sites is 1. The molecular formula is C17H17F3N2O3. The Kier molecular flexibility index (Phi) is 4.55. The number of carbonyl (C=O) groups is 1. The first-order valence-corrected chi connectivity index (χ1v) is 7.71.